The lowest BCUT2D eigenvalue weighted by Gasteiger charge is -2.11. The molecule has 4 nitrogen and oxygen atoms in total. The predicted octanol–water partition coefficient (Wildman–Crippen LogP) is 2.04. The zero-order chi connectivity index (χ0) is 11.0. The molecule has 2 rings (SSSR count). The van der Waals surface area contributed by atoms with Crippen molar-refractivity contribution in [2.45, 2.75) is 13.0 Å². The Morgan fingerprint density at radius 2 is 2.25 bits per heavy atom. The molecule has 1 atom stereocenters. The molecule has 1 aromatic rings. The lowest BCUT2D eigenvalue weighted by molar-refractivity contribution is 0.177. The van der Waals surface area contributed by atoms with Crippen molar-refractivity contribution in [1.82, 2.24) is 5.32 Å². The summed E-state index contributed by atoms with van der Waals surface area (Å²) in [5, 5.41) is 12.2. The highest BCUT2D eigenvalue weighted by Gasteiger charge is 2.27. The fourth-order valence-corrected chi connectivity index (χ4v) is 1.58. The van der Waals surface area contributed by atoms with Crippen molar-refractivity contribution in [3.63, 3.8) is 0 Å². The zero-order valence-electron chi connectivity index (χ0n) is 8.49. The van der Waals surface area contributed by atoms with Crippen LogP contribution in [-0.4, -0.2) is 17.8 Å². The maximum Gasteiger partial charge on any atom is 0.407 e. The zero-order valence-corrected chi connectivity index (χ0v) is 9.31. The molecular weight excluding hydrogens is 237 g/mol. The van der Waals surface area contributed by atoms with E-state index < -0.39 is 18.0 Å². The Kier molecular flexibility index (Phi) is 3.59. The molecule has 1 fully saturated rings. The average molecular weight is 248 g/mol. The number of phenolic OH excluding ortho intramolecular Hbond substituents is 1. The molecule has 1 saturated heterocycles. The largest absolute Gasteiger partial charge is 0.507 e. The maximum absolute atomic E-state index is 13.1. The van der Waals surface area contributed by atoms with Gasteiger partial charge in [-0.3, -0.25) is 0 Å². The Hall–Kier alpha value is -1.49. The molecule has 0 saturated carbocycles. The van der Waals surface area contributed by atoms with E-state index in [4.69, 9.17) is 0 Å². The molecule has 6 heteroatoms. The highest BCUT2D eigenvalue weighted by molar-refractivity contribution is 5.85. The molecule has 2 N–H and O–H groups in total. The quantitative estimate of drug-likeness (QED) is 0.799. The molecule has 0 unspecified atom stereocenters. The van der Waals surface area contributed by atoms with Gasteiger partial charge in [0.25, 0.3) is 0 Å². The van der Waals surface area contributed by atoms with Crippen LogP contribution in [-0.2, 0) is 4.74 Å². The molecule has 1 aliphatic rings. The number of rotatable bonds is 1. The van der Waals surface area contributed by atoms with E-state index in [2.05, 4.69) is 10.1 Å². The number of cyclic esters (lactones) is 1. The van der Waals surface area contributed by atoms with Gasteiger partial charge in [0, 0.05) is 5.56 Å². The first-order valence-electron chi connectivity index (χ1n) is 4.50. The van der Waals surface area contributed by atoms with E-state index >= 15 is 0 Å². The number of carbonyl (C=O) groups is 1. The summed E-state index contributed by atoms with van der Waals surface area (Å²) >= 11 is 0. The van der Waals surface area contributed by atoms with Gasteiger partial charge in [0.2, 0.25) is 0 Å². The second kappa shape index (κ2) is 4.57. The van der Waals surface area contributed by atoms with Crippen LogP contribution in [0.3, 0.4) is 0 Å². The molecule has 0 aliphatic carbocycles. The van der Waals surface area contributed by atoms with E-state index in [1.807, 2.05) is 0 Å². The summed E-state index contributed by atoms with van der Waals surface area (Å²) < 4.78 is 17.8. The van der Waals surface area contributed by atoms with Crippen LogP contribution in [0.4, 0.5) is 9.18 Å². The van der Waals surface area contributed by atoms with E-state index in [0.717, 1.165) is 0 Å². The molecule has 88 valence electrons. The first-order chi connectivity index (χ1) is 7.08. The number of amides is 1. The summed E-state index contributed by atoms with van der Waals surface area (Å²) in [4.78, 5) is 10.8. The highest BCUT2D eigenvalue weighted by Crippen LogP contribution is 2.30. The van der Waals surface area contributed by atoms with Crippen LogP contribution in [0.2, 0.25) is 0 Å². The Morgan fingerprint density at radius 1 is 1.56 bits per heavy atom. The topological polar surface area (TPSA) is 58.6 Å². The van der Waals surface area contributed by atoms with Crippen molar-refractivity contribution in [3.05, 3.63) is 29.1 Å². The van der Waals surface area contributed by atoms with Crippen LogP contribution in [0.25, 0.3) is 0 Å². The first kappa shape index (κ1) is 12.6. The summed E-state index contributed by atoms with van der Waals surface area (Å²) in [7, 11) is 0. The van der Waals surface area contributed by atoms with Crippen molar-refractivity contribution in [1.29, 1.82) is 0 Å². The fourth-order valence-electron chi connectivity index (χ4n) is 1.58. The van der Waals surface area contributed by atoms with Crippen molar-refractivity contribution in [2.75, 3.05) is 6.61 Å². The van der Waals surface area contributed by atoms with Crippen LogP contribution >= 0.6 is 12.4 Å². The molecule has 1 amide bonds. The monoisotopic (exact) mass is 247 g/mol. The van der Waals surface area contributed by atoms with Crippen LogP contribution in [0.1, 0.15) is 17.2 Å². The summed E-state index contributed by atoms with van der Waals surface area (Å²) in [5.74, 6) is -0.450. The highest BCUT2D eigenvalue weighted by atomic mass is 35.5. The molecule has 1 heterocycles. The van der Waals surface area contributed by atoms with Gasteiger partial charge in [-0.05, 0) is 24.6 Å². The van der Waals surface area contributed by atoms with Crippen LogP contribution in [0.5, 0.6) is 5.75 Å². The third-order valence-electron chi connectivity index (χ3n) is 2.34. The standard InChI is InChI=1S/C10H10FNO3.ClH/c1-5-2-6(11)3-7(9(5)13)8-4-15-10(14)12-8;/h2-3,8,13H,4H2,1H3,(H,12,14);1H/t8-;/m1./s1. The number of nitrogens with one attached hydrogen (secondary N) is 1. The van der Waals surface area contributed by atoms with Gasteiger partial charge in [0.15, 0.2) is 0 Å². The number of carbonyl (C=O) groups excluding carboxylic acids is 1. The van der Waals surface area contributed by atoms with E-state index in [1.54, 1.807) is 6.92 Å². The molecule has 0 radical (unpaired) electrons. The van der Waals surface area contributed by atoms with Gasteiger partial charge in [-0.2, -0.15) is 0 Å². The van der Waals surface area contributed by atoms with E-state index in [1.165, 1.54) is 12.1 Å². The molecule has 1 aliphatic heterocycles. The smallest absolute Gasteiger partial charge is 0.407 e. The number of hydrogen-bond donors (Lipinski definition) is 2. The second-order valence-electron chi connectivity index (χ2n) is 3.46. The third-order valence-corrected chi connectivity index (χ3v) is 2.34. The summed E-state index contributed by atoms with van der Waals surface area (Å²) in [6.45, 7) is 1.70. The lowest BCUT2D eigenvalue weighted by Crippen LogP contribution is -2.18. The van der Waals surface area contributed by atoms with Gasteiger partial charge in [-0.25, -0.2) is 9.18 Å². The minimum atomic E-state index is -0.554. The van der Waals surface area contributed by atoms with Crippen LogP contribution < -0.4 is 5.32 Å². The molecule has 1 aromatic carbocycles. The van der Waals surface area contributed by atoms with E-state index in [9.17, 15) is 14.3 Å². The summed E-state index contributed by atoms with van der Waals surface area (Å²) in [6.07, 6.45) is -0.554. The van der Waals surface area contributed by atoms with E-state index in [0.29, 0.717) is 11.1 Å². The molecule has 0 bridgehead atoms. The van der Waals surface area contributed by atoms with Crippen molar-refractivity contribution >= 4 is 18.5 Å². The average Bonchev–Trinajstić information content (AvgIpc) is 2.58. The Balaban J connectivity index is 0.00000128. The number of ether oxygens (including phenoxy) is 1. The minimum Gasteiger partial charge on any atom is -0.507 e. The summed E-state index contributed by atoms with van der Waals surface area (Å²) in [6, 6.07) is 1.95. The number of benzene rings is 1. The number of hydrogen-bond acceptors (Lipinski definition) is 3. The van der Waals surface area contributed by atoms with Gasteiger partial charge < -0.3 is 15.2 Å². The van der Waals surface area contributed by atoms with E-state index in [-0.39, 0.29) is 24.8 Å². The first-order valence-corrected chi connectivity index (χ1v) is 4.50. The fraction of sp³-hybridized carbons (Fsp3) is 0.300. The summed E-state index contributed by atoms with van der Waals surface area (Å²) in [5.41, 5.74) is 0.782. The molecule has 16 heavy (non-hydrogen) atoms. The predicted molar refractivity (Wildman–Crippen MR) is 57.3 cm³/mol. The Labute approximate surface area is 97.8 Å². The third kappa shape index (κ3) is 2.19. The number of phenols is 1. The van der Waals surface area contributed by atoms with Gasteiger partial charge in [0.05, 0.1) is 6.04 Å². The number of alkyl carbamates (subject to hydrolysis) is 1. The number of aryl methyl sites for hydroxylation is 1. The van der Waals surface area contributed by atoms with Gasteiger partial charge >= 0.3 is 6.09 Å². The molecular formula is C10H11ClFNO3. The van der Waals surface area contributed by atoms with Gasteiger partial charge in [0.1, 0.15) is 18.2 Å². The molecule has 0 aromatic heterocycles. The Morgan fingerprint density at radius 3 is 2.81 bits per heavy atom. The lowest BCUT2D eigenvalue weighted by atomic mass is 10.0. The van der Waals surface area contributed by atoms with Crippen molar-refractivity contribution < 1.29 is 19.0 Å². The molecule has 0 spiro atoms. The van der Waals surface area contributed by atoms with Gasteiger partial charge in [-0.15, -0.1) is 12.4 Å². The van der Waals surface area contributed by atoms with Crippen LogP contribution in [0, 0.1) is 12.7 Å². The SMILES string of the molecule is Cc1cc(F)cc([C@H]2COC(=O)N2)c1O.Cl. The number of halogens is 2. The Bertz CT molecular complexity index is 425. The second-order valence-corrected chi connectivity index (χ2v) is 3.46. The van der Waals surface area contributed by atoms with Crippen molar-refractivity contribution in [3.8, 4) is 5.75 Å². The number of aromatic hydroxyl groups is 1. The van der Waals surface area contributed by atoms with Gasteiger partial charge in [-0.1, -0.05) is 0 Å². The minimum absolute atomic E-state index is 0. The van der Waals surface area contributed by atoms with Crippen molar-refractivity contribution in [2.24, 2.45) is 0 Å². The van der Waals surface area contributed by atoms with Crippen LogP contribution in [0.15, 0.2) is 12.1 Å². The normalized spacial score (nSPS) is 18.6. The maximum atomic E-state index is 13.1.